The van der Waals surface area contributed by atoms with Crippen LogP contribution in [0.1, 0.15) is 109 Å². The fourth-order valence-corrected chi connectivity index (χ4v) is 5.30. The van der Waals surface area contributed by atoms with E-state index in [1.165, 1.54) is 112 Å². The molecule has 0 aliphatic carbocycles. The van der Waals surface area contributed by atoms with Crippen LogP contribution >= 0.6 is 11.8 Å². The number of hydrogen-bond donors (Lipinski definition) is 0. The first-order chi connectivity index (χ1) is 14.9. The van der Waals surface area contributed by atoms with Crippen molar-refractivity contribution in [2.45, 2.75) is 103 Å². The van der Waals surface area contributed by atoms with E-state index < -0.39 is 0 Å². The van der Waals surface area contributed by atoms with Crippen molar-refractivity contribution in [1.29, 1.82) is 0 Å². The third-order valence-electron chi connectivity index (χ3n) is 6.11. The molecular weight excluding hydrogens is 384 g/mol. The van der Waals surface area contributed by atoms with Crippen LogP contribution in [0.15, 0.2) is 52.0 Å². The Balaban J connectivity index is 1.19. The Morgan fingerprint density at radius 2 is 1.30 bits per heavy atom. The van der Waals surface area contributed by atoms with Crippen LogP contribution in [0.25, 0.3) is 6.08 Å². The van der Waals surface area contributed by atoms with Gasteiger partial charge in [0.25, 0.3) is 0 Å². The first kappa shape index (κ1) is 23.3. The lowest BCUT2D eigenvalue weighted by atomic mass is 10.0. The molecule has 0 saturated carbocycles. The first-order valence-corrected chi connectivity index (χ1v) is 13.3. The largest absolute Gasteiger partial charge is 0.456 e. The van der Waals surface area contributed by atoms with Crippen molar-refractivity contribution in [3.63, 3.8) is 0 Å². The van der Waals surface area contributed by atoms with Crippen molar-refractivity contribution in [3.8, 4) is 5.75 Å². The molecule has 0 aromatic heterocycles. The molecule has 0 amide bonds. The van der Waals surface area contributed by atoms with Crippen LogP contribution in [0.2, 0.25) is 0 Å². The van der Waals surface area contributed by atoms with Crippen molar-refractivity contribution in [2.75, 3.05) is 0 Å². The van der Waals surface area contributed by atoms with Gasteiger partial charge in [-0.15, -0.1) is 0 Å². The summed E-state index contributed by atoms with van der Waals surface area (Å²) in [5.74, 6) is 1.97. The molecule has 0 atom stereocenters. The Morgan fingerprint density at radius 1 is 0.700 bits per heavy atom. The quantitative estimate of drug-likeness (QED) is 0.259. The van der Waals surface area contributed by atoms with Crippen LogP contribution in [-0.2, 0) is 0 Å². The lowest BCUT2D eigenvalue weighted by Gasteiger charge is -2.23. The average molecular weight is 425 g/mol. The number of para-hydroxylation sites is 1. The van der Waals surface area contributed by atoms with Gasteiger partial charge in [-0.05, 0) is 42.0 Å². The predicted molar refractivity (Wildman–Crippen MR) is 134 cm³/mol. The van der Waals surface area contributed by atoms with Gasteiger partial charge in [-0.2, -0.15) is 0 Å². The Kier molecular flexibility index (Phi) is 10.7. The Bertz CT molecular complexity index is 728. The summed E-state index contributed by atoms with van der Waals surface area (Å²) >= 11 is 1.89. The molecule has 1 aromatic carbocycles. The summed E-state index contributed by atoms with van der Waals surface area (Å²) in [5, 5.41) is 0. The summed E-state index contributed by atoms with van der Waals surface area (Å²) in [4.78, 5) is 2.74. The highest BCUT2D eigenvalue weighted by atomic mass is 32.2. The van der Waals surface area contributed by atoms with E-state index in [-0.39, 0.29) is 0 Å². The second-order valence-electron chi connectivity index (χ2n) is 8.76. The summed E-state index contributed by atoms with van der Waals surface area (Å²) < 4.78 is 6.04. The first-order valence-electron chi connectivity index (χ1n) is 12.4. The number of thioether (sulfide) groups is 1. The molecule has 1 aromatic rings. The number of hydrogen-bond acceptors (Lipinski definition) is 2. The van der Waals surface area contributed by atoms with E-state index >= 15 is 0 Å². The number of allylic oxidation sites excluding steroid dienone is 3. The molecule has 2 heteroatoms. The summed E-state index contributed by atoms with van der Waals surface area (Å²) in [6, 6.07) is 8.28. The molecule has 2 aliphatic heterocycles. The standard InChI is InChI=1S/C28H40OS/c1-2-3-4-5-6-7-8-9-10-11-12-13-14-15-19-25-21-22-27-28(30-25)23-24-18-16-17-20-26(24)29-27/h16-18,20-23H,2-15,19H2,1H3. The van der Waals surface area contributed by atoms with E-state index in [1.807, 2.05) is 23.9 Å². The van der Waals surface area contributed by atoms with Gasteiger partial charge in [0.1, 0.15) is 11.5 Å². The van der Waals surface area contributed by atoms with Crippen LogP contribution in [0, 0.1) is 0 Å². The minimum Gasteiger partial charge on any atom is -0.456 e. The van der Waals surface area contributed by atoms with Crippen LogP contribution < -0.4 is 4.74 Å². The minimum atomic E-state index is 0.969. The zero-order valence-corrected chi connectivity index (χ0v) is 19.8. The predicted octanol–water partition coefficient (Wildman–Crippen LogP) is 9.81. The molecule has 0 spiro atoms. The van der Waals surface area contributed by atoms with Crippen molar-refractivity contribution in [2.24, 2.45) is 0 Å². The molecule has 0 fully saturated rings. The number of fused-ring (bicyclic) bond motifs is 2. The second-order valence-corrected chi connectivity index (χ2v) is 9.93. The van der Waals surface area contributed by atoms with Gasteiger partial charge in [0.05, 0.1) is 4.91 Å². The highest BCUT2D eigenvalue weighted by Crippen LogP contribution is 2.43. The van der Waals surface area contributed by atoms with E-state index in [0.29, 0.717) is 0 Å². The van der Waals surface area contributed by atoms with Gasteiger partial charge in [0.15, 0.2) is 0 Å². The fraction of sp³-hybridized carbons (Fsp3) is 0.571. The lowest BCUT2D eigenvalue weighted by Crippen LogP contribution is -2.05. The summed E-state index contributed by atoms with van der Waals surface area (Å²) in [7, 11) is 0. The molecule has 2 aliphatic rings. The maximum Gasteiger partial charge on any atom is 0.141 e. The van der Waals surface area contributed by atoms with Gasteiger partial charge in [0.2, 0.25) is 0 Å². The van der Waals surface area contributed by atoms with Crippen molar-refractivity contribution in [1.82, 2.24) is 0 Å². The van der Waals surface area contributed by atoms with Gasteiger partial charge in [0, 0.05) is 5.56 Å². The van der Waals surface area contributed by atoms with Crippen LogP contribution in [-0.4, -0.2) is 0 Å². The number of rotatable bonds is 15. The molecule has 3 rings (SSSR count). The third-order valence-corrected chi connectivity index (χ3v) is 7.25. The van der Waals surface area contributed by atoms with Gasteiger partial charge in [-0.3, -0.25) is 0 Å². The lowest BCUT2D eigenvalue weighted by molar-refractivity contribution is 0.437. The van der Waals surface area contributed by atoms with Crippen LogP contribution in [0.5, 0.6) is 5.75 Å². The van der Waals surface area contributed by atoms with Crippen LogP contribution in [0.3, 0.4) is 0 Å². The molecule has 0 saturated heterocycles. The number of unbranched alkanes of at least 4 members (excludes halogenated alkanes) is 13. The monoisotopic (exact) mass is 424 g/mol. The summed E-state index contributed by atoms with van der Waals surface area (Å²) in [6.07, 6.45) is 27.8. The second kappa shape index (κ2) is 13.8. The van der Waals surface area contributed by atoms with E-state index in [2.05, 4.69) is 37.3 Å². The van der Waals surface area contributed by atoms with Crippen molar-refractivity contribution < 1.29 is 4.74 Å². The average Bonchev–Trinajstić information content (AvgIpc) is 2.78. The zero-order chi connectivity index (χ0) is 20.9. The summed E-state index contributed by atoms with van der Waals surface area (Å²) in [6.45, 7) is 2.29. The van der Waals surface area contributed by atoms with E-state index in [9.17, 15) is 0 Å². The Labute approximate surface area is 189 Å². The van der Waals surface area contributed by atoms with Crippen molar-refractivity contribution in [3.05, 3.63) is 57.6 Å². The van der Waals surface area contributed by atoms with Gasteiger partial charge < -0.3 is 4.74 Å². The highest BCUT2D eigenvalue weighted by molar-refractivity contribution is 8.07. The maximum atomic E-state index is 6.04. The molecule has 164 valence electrons. The topological polar surface area (TPSA) is 9.23 Å². The zero-order valence-electron chi connectivity index (χ0n) is 19.0. The molecule has 30 heavy (non-hydrogen) atoms. The number of ether oxygens (including phenoxy) is 1. The van der Waals surface area contributed by atoms with E-state index in [1.54, 1.807) is 0 Å². The normalized spacial score (nSPS) is 14.9. The minimum absolute atomic E-state index is 0.969. The molecule has 2 heterocycles. The van der Waals surface area contributed by atoms with E-state index in [0.717, 1.165) is 11.5 Å². The van der Waals surface area contributed by atoms with Crippen LogP contribution in [0.4, 0.5) is 0 Å². The van der Waals surface area contributed by atoms with Gasteiger partial charge in [-0.1, -0.05) is 120 Å². The molecule has 0 bridgehead atoms. The smallest absolute Gasteiger partial charge is 0.141 e. The molecule has 1 nitrogen and oxygen atoms in total. The molecular formula is C28H40OS. The SMILES string of the molecule is CCCCCCCCCCCCCCCCC1=CC=C2Oc3ccccc3C=C2S1. The summed E-state index contributed by atoms with van der Waals surface area (Å²) in [5.41, 5.74) is 1.19. The fourth-order valence-electron chi connectivity index (χ4n) is 4.24. The third kappa shape index (κ3) is 8.02. The Hall–Kier alpha value is -1.41. The van der Waals surface area contributed by atoms with Gasteiger partial charge >= 0.3 is 0 Å². The van der Waals surface area contributed by atoms with Gasteiger partial charge in [-0.25, -0.2) is 0 Å². The maximum absolute atomic E-state index is 6.04. The molecule has 0 N–H and O–H groups in total. The van der Waals surface area contributed by atoms with E-state index in [4.69, 9.17) is 4.74 Å². The van der Waals surface area contributed by atoms with Crippen molar-refractivity contribution >= 4 is 17.8 Å². The Morgan fingerprint density at radius 3 is 1.97 bits per heavy atom. The highest BCUT2D eigenvalue weighted by Gasteiger charge is 2.20. The molecule has 0 unspecified atom stereocenters. The number of benzene rings is 1. The molecule has 0 radical (unpaired) electrons.